The smallest absolute Gasteiger partial charge is 0.252 e. The number of nitrogens with zero attached hydrogens (tertiary/aromatic N) is 5. The second-order valence-electron chi connectivity index (χ2n) is 7.33. The van der Waals surface area contributed by atoms with Crippen molar-refractivity contribution in [3.8, 4) is 28.8 Å². The number of hydrogen-bond donors (Lipinski definition) is 1. The molecule has 0 spiro atoms. The van der Waals surface area contributed by atoms with Crippen LogP contribution in [-0.2, 0) is 0 Å². The fourth-order valence-electron chi connectivity index (χ4n) is 3.20. The molecule has 8 nitrogen and oxygen atoms in total. The van der Waals surface area contributed by atoms with Gasteiger partial charge in [-0.15, -0.1) is 0 Å². The molecule has 33 heavy (non-hydrogen) atoms. The minimum Gasteiger partial charge on any atom is -0.494 e. The molecule has 2 aromatic heterocycles. The molecule has 0 bridgehead atoms. The largest absolute Gasteiger partial charge is 0.494 e. The molecular formula is C25H24N6O2. The molecule has 0 saturated carbocycles. The van der Waals surface area contributed by atoms with Gasteiger partial charge in [0.25, 0.3) is 5.88 Å². The summed E-state index contributed by atoms with van der Waals surface area (Å²) in [4.78, 5) is 4.01. The zero-order chi connectivity index (χ0) is 23.0. The Morgan fingerprint density at radius 2 is 1.97 bits per heavy atom. The monoisotopic (exact) mass is 440 g/mol. The van der Waals surface area contributed by atoms with Gasteiger partial charge in [0.2, 0.25) is 5.69 Å². The van der Waals surface area contributed by atoms with E-state index in [1.807, 2.05) is 71.5 Å². The van der Waals surface area contributed by atoms with Gasteiger partial charge < -0.3 is 9.15 Å². The van der Waals surface area contributed by atoms with Gasteiger partial charge in [0.15, 0.2) is 5.89 Å². The second kappa shape index (κ2) is 10.3. The lowest BCUT2D eigenvalue weighted by Gasteiger charge is -2.06. The Morgan fingerprint density at radius 3 is 2.70 bits per heavy atom. The molecule has 2 heterocycles. The molecule has 0 unspecified atom stereocenters. The maximum Gasteiger partial charge on any atom is 0.252 e. The summed E-state index contributed by atoms with van der Waals surface area (Å²) in [7, 11) is 0. The Kier molecular flexibility index (Phi) is 6.81. The molecule has 0 aliphatic rings. The lowest BCUT2D eigenvalue weighted by atomic mass is 10.1. The van der Waals surface area contributed by atoms with E-state index in [0.717, 1.165) is 41.1 Å². The van der Waals surface area contributed by atoms with E-state index in [4.69, 9.17) is 14.3 Å². The van der Waals surface area contributed by atoms with Crippen LogP contribution < -0.4 is 10.2 Å². The number of oxazole rings is 1. The van der Waals surface area contributed by atoms with Crippen LogP contribution in [0.2, 0.25) is 0 Å². The van der Waals surface area contributed by atoms with E-state index in [1.165, 1.54) is 0 Å². The number of anilines is 1. The number of nitriles is 1. The Balaban J connectivity index is 1.62. The first-order chi connectivity index (χ1) is 16.2. The highest BCUT2D eigenvalue weighted by atomic mass is 16.5. The summed E-state index contributed by atoms with van der Waals surface area (Å²) in [6.45, 7) is 4.51. The SMILES string of the molecule is CCCCOc1ccc(-c2nn(-c3ccccc3)cc2/C=N/Nc2oc(C)nc2C#N)cc1. The summed E-state index contributed by atoms with van der Waals surface area (Å²) in [6.07, 6.45) is 5.66. The number of para-hydroxylation sites is 1. The number of ether oxygens (including phenoxy) is 1. The van der Waals surface area contributed by atoms with Crippen molar-refractivity contribution in [3.05, 3.63) is 77.9 Å². The van der Waals surface area contributed by atoms with Gasteiger partial charge >= 0.3 is 0 Å². The molecule has 4 aromatic rings. The van der Waals surface area contributed by atoms with Gasteiger partial charge in [-0.05, 0) is 42.8 Å². The first kappa shape index (κ1) is 21.8. The van der Waals surface area contributed by atoms with E-state index in [-0.39, 0.29) is 11.6 Å². The summed E-state index contributed by atoms with van der Waals surface area (Å²) in [6, 6.07) is 19.7. The van der Waals surface area contributed by atoms with E-state index in [2.05, 4.69) is 22.4 Å². The lowest BCUT2D eigenvalue weighted by molar-refractivity contribution is 0.309. The molecule has 1 N–H and O–H groups in total. The number of benzene rings is 2. The standard InChI is InChI=1S/C25H24N6O2/c1-3-4-14-32-22-12-10-19(11-13-22)24-20(17-31(30-24)21-8-6-5-7-9-21)16-27-29-25-23(15-26)28-18(2)33-25/h5-13,16-17,29H,3-4,14H2,1-2H3/b27-16+. The van der Waals surface area contributed by atoms with Crippen LogP contribution >= 0.6 is 0 Å². The summed E-state index contributed by atoms with van der Waals surface area (Å²) in [5.41, 5.74) is 6.34. The van der Waals surface area contributed by atoms with Crippen molar-refractivity contribution in [2.75, 3.05) is 12.0 Å². The average molecular weight is 441 g/mol. The fourth-order valence-corrected chi connectivity index (χ4v) is 3.20. The van der Waals surface area contributed by atoms with Gasteiger partial charge in [-0.2, -0.15) is 15.5 Å². The van der Waals surface area contributed by atoms with Crippen LogP contribution in [0.3, 0.4) is 0 Å². The van der Waals surface area contributed by atoms with Crippen molar-refractivity contribution in [2.45, 2.75) is 26.7 Å². The number of hydrogen-bond acceptors (Lipinski definition) is 7. The van der Waals surface area contributed by atoms with Crippen LogP contribution in [0.15, 0.2) is 70.3 Å². The Morgan fingerprint density at radius 1 is 1.18 bits per heavy atom. The molecule has 0 atom stereocenters. The molecule has 2 aromatic carbocycles. The quantitative estimate of drug-likeness (QED) is 0.214. The Bertz CT molecular complexity index is 1270. The fraction of sp³-hybridized carbons (Fsp3) is 0.200. The van der Waals surface area contributed by atoms with Crippen LogP contribution in [0, 0.1) is 18.3 Å². The topological polar surface area (TPSA) is 101 Å². The maximum absolute atomic E-state index is 9.17. The molecule has 0 saturated heterocycles. The minimum absolute atomic E-state index is 0.156. The van der Waals surface area contributed by atoms with E-state index < -0.39 is 0 Å². The highest BCUT2D eigenvalue weighted by Gasteiger charge is 2.13. The van der Waals surface area contributed by atoms with Crippen molar-refractivity contribution >= 4 is 12.1 Å². The predicted octanol–water partition coefficient (Wildman–Crippen LogP) is 5.33. The number of aryl methyl sites for hydroxylation is 1. The maximum atomic E-state index is 9.17. The third kappa shape index (κ3) is 5.28. The zero-order valence-corrected chi connectivity index (χ0v) is 18.5. The molecule has 0 aliphatic heterocycles. The number of rotatable bonds is 9. The average Bonchev–Trinajstić information content (AvgIpc) is 3.43. The predicted molar refractivity (Wildman–Crippen MR) is 127 cm³/mol. The number of hydrazone groups is 1. The van der Waals surface area contributed by atoms with Gasteiger partial charge in [0, 0.05) is 24.2 Å². The first-order valence-electron chi connectivity index (χ1n) is 10.7. The summed E-state index contributed by atoms with van der Waals surface area (Å²) in [5.74, 6) is 1.43. The van der Waals surface area contributed by atoms with E-state index in [9.17, 15) is 5.26 Å². The van der Waals surface area contributed by atoms with E-state index >= 15 is 0 Å². The Hall–Kier alpha value is -4.38. The molecule has 8 heteroatoms. The van der Waals surface area contributed by atoms with Gasteiger partial charge in [-0.25, -0.2) is 15.1 Å². The lowest BCUT2D eigenvalue weighted by Crippen LogP contribution is -1.96. The summed E-state index contributed by atoms with van der Waals surface area (Å²) < 4.78 is 13.0. The molecule has 0 amide bonds. The number of aromatic nitrogens is 3. The third-order valence-corrected chi connectivity index (χ3v) is 4.87. The molecule has 166 valence electrons. The Labute approximate surface area is 192 Å². The third-order valence-electron chi connectivity index (χ3n) is 4.87. The van der Waals surface area contributed by atoms with Crippen molar-refractivity contribution in [1.82, 2.24) is 14.8 Å². The van der Waals surface area contributed by atoms with Gasteiger partial charge in [-0.3, -0.25) is 0 Å². The highest BCUT2D eigenvalue weighted by molar-refractivity contribution is 5.89. The van der Waals surface area contributed by atoms with Gasteiger partial charge in [-0.1, -0.05) is 31.5 Å². The minimum atomic E-state index is 0.156. The van der Waals surface area contributed by atoms with Crippen LogP contribution in [0.25, 0.3) is 16.9 Å². The summed E-state index contributed by atoms with van der Waals surface area (Å²) >= 11 is 0. The van der Waals surface area contributed by atoms with E-state index in [1.54, 1.807) is 13.1 Å². The van der Waals surface area contributed by atoms with Gasteiger partial charge in [0.05, 0.1) is 18.5 Å². The zero-order valence-electron chi connectivity index (χ0n) is 18.5. The van der Waals surface area contributed by atoms with Crippen molar-refractivity contribution < 1.29 is 9.15 Å². The molecular weight excluding hydrogens is 416 g/mol. The molecule has 0 radical (unpaired) electrons. The first-order valence-corrected chi connectivity index (χ1v) is 10.7. The number of nitrogens with one attached hydrogen (secondary N) is 1. The van der Waals surface area contributed by atoms with Crippen LogP contribution in [-0.4, -0.2) is 27.6 Å². The van der Waals surface area contributed by atoms with Crippen molar-refractivity contribution in [2.24, 2.45) is 5.10 Å². The number of unbranched alkanes of at least 4 members (excludes halogenated alkanes) is 1. The van der Waals surface area contributed by atoms with E-state index in [0.29, 0.717) is 12.5 Å². The molecule has 4 rings (SSSR count). The molecule has 0 aliphatic carbocycles. The van der Waals surface area contributed by atoms with Crippen molar-refractivity contribution in [1.29, 1.82) is 5.26 Å². The van der Waals surface area contributed by atoms with Gasteiger partial charge in [0.1, 0.15) is 17.5 Å². The highest BCUT2D eigenvalue weighted by Crippen LogP contribution is 2.25. The normalized spacial score (nSPS) is 10.9. The van der Waals surface area contributed by atoms with Crippen LogP contribution in [0.1, 0.15) is 36.9 Å². The summed E-state index contributed by atoms with van der Waals surface area (Å²) in [5, 5.41) is 18.2. The molecule has 0 fully saturated rings. The van der Waals surface area contributed by atoms with Crippen molar-refractivity contribution in [3.63, 3.8) is 0 Å². The van der Waals surface area contributed by atoms with Crippen LogP contribution in [0.4, 0.5) is 5.88 Å². The second-order valence-corrected chi connectivity index (χ2v) is 7.33. The van der Waals surface area contributed by atoms with Crippen LogP contribution in [0.5, 0.6) is 5.75 Å².